The maximum atomic E-state index is 14.3. The maximum Gasteiger partial charge on any atom is 0.308 e. The Balaban J connectivity index is 0.000000137. The molecule has 127 heavy (non-hydrogen) atoms. The van der Waals surface area contributed by atoms with Crippen LogP contribution in [-0.4, -0.2) is 183 Å². The molecule has 12 aromatic rings. The van der Waals surface area contributed by atoms with Gasteiger partial charge in [-0.1, -0.05) is 188 Å². The van der Waals surface area contributed by atoms with E-state index in [0.717, 1.165) is 87.4 Å². The lowest BCUT2D eigenvalue weighted by atomic mass is 9.83. The molecule has 4 aromatic heterocycles. The smallest absolute Gasteiger partial charge is 0.308 e. The minimum Gasteiger partial charge on any atom is -0.502 e. The summed E-state index contributed by atoms with van der Waals surface area (Å²) in [6.45, 7) is 13.7. The lowest BCUT2D eigenvalue weighted by molar-refractivity contribution is -0.132. The standard InChI is InChI=1S/C26H26FN3O4.C25H25N3O4.C24H25N3O4.C23H23N3O4/c1-15(2)29-14-21(30-24(26(29)33)25(34-17(4)31)22(32)13-28-30)23(18-8-5-7-16(3)11-18)19-9-6-10-20(27)12-19;1-27-14-20(28-23(25(27)31)24(30)21(29)13-26-28)22(17-6-3-2-4-7-17)18-8-5-9-19(12-18)32-15-16-10-11-16;1-15(2)31-18-11-7-10-17(12-18)21(16-8-5-4-6-9-16)19-14-26(3)24(30)22-23(29)20(28)13-25-27(19)22;1-30-13-12-25-15-18(26-21(23(25)29)22(28)19(27)14-24-26)20(16-8-4-2-5-9-16)17-10-6-3-7-11-17/h5-13,15,21,23H,14H2,1-4H3;2-9,12-13,16,20,22,30H,10-11,14-15H2,1H3;4-13,15,19,21,29H,14H2,1-3H3;2-11,14,18,20,28H,12-13,15H2,1H3. The number of carbonyl (C=O) groups is 5. The summed E-state index contributed by atoms with van der Waals surface area (Å²) in [5.74, 6) is -3.54. The van der Waals surface area contributed by atoms with E-state index in [-0.39, 0.29) is 88.9 Å². The SMILES string of the molecule is CC(=O)Oc1c2n(ncc1=O)C(C(c1cccc(C)c1)c1cccc(F)c1)CN(C(C)C)C2=O.CC(C)Oc1cccc(C(c2ccccc2)C2CN(C)C(=O)c3c(O)c(=O)cnn32)c1.CN1CC(C(c2ccccc2)c2cccc(OCC3CC3)c2)n2ncc(=O)c(O)c2C1=O.COCCN1CC(C(c2ccccc2)c2ccccc2)n2ncc(=O)c(O)c2C1=O. The Labute approximate surface area is 731 Å². The quantitative estimate of drug-likeness (QED) is 0.0531. The summed E-state index contributed by atoms with van der Waals surface area (Å²) < 4.78 is 42.6. The number of halogens is 1. The fourth-order valence-corrected chi connectivity index (χ4v) is 17.1. The number of hydrogen-bond donors (Lipinski definition) is 3. The van der Waals surface area contributed by atoms with Crippen molar-refractivity contribution in [3.63, 3.8) is 0 Å². The van der Waals surface area contributed by atoms with Crippen LogP contribution in [0.2, 0.25) is 0 Å². The fourth-order valence-electron chi connectivity index (χ4n) is 17.1. The van der Waals surface area contributed by atoms with Crippen molar-refractivity contribution in [3.8, 4) is 34.5 Å². The van der Waals surface area contributed by atoms with Crippen molar-refractivity contribution in [2.24, 2.45) is 5.92 Å². The molecular weight excluding hydrogens is 1620 g/mol. The molecule has 1 aliphatic carbocycles. The van der Waals surface area contributed by atoms with Crippen LogP contribution in [0.1, 0.15) is 187 Å². The molecule has 17 rings (SSSR count). The summed E-state index contributed by atoms with van der Waals surface area (Å²) in [5, 5.41) is 48.3. The highest BCUT2D eigenvalue weighted by atomic mass is 19.1. The molecule has 8 aromatic carbocycles. The van der Waals surface area contributed by atoms with Crippen LogP contribution in [0.15, 0.2) is 262 Å². The van der Waals surface area contributed by atoms with E-state index >= 15 is 0 Å². The van der Waals surface area contributed by atoms with Crippen molar-refractivity contribution in [1.82, 2.24) is 58.7 Å². The van der Waals surface area contributed by atoms with Crippen molar-refractivity contribution >= 4 is 29.6 Å². The molecule has 0 saturated heterocycles. The maximum absolute atomic E-state index is 14.3. The Hall–Kier alpha value is -14.5. The Bertz CT molecular complexity index is 6180. The van der Waals surface area contributed by atoms with Gasteiger partial charge in [-0.25, -0.2) is 4.39 Å². The number of aryl methyl sites for hydroxylation is 1. The number of nitrogens with zero attached hydrogens (tertiary/aromatic N) is 12. The number of rotatable bonds is 22. The zero-order valence-corrected chi connectivity index (χ0v) is 71.7. The molecular formula is C98H99FN12O16. The minimum atomic E-state index is -0.711. The Kier molecular flexibility index (Phi) is 27.4. The number of ether oxygens (including phenoxy) is 4. The minimum absolute atomic E-state index is 0.0352. The number of carbonyl (C=O) groups excluding carboxylic acids is 5. The summed E-state index contributed by atoms with van der Waals surface area (Å²) >= 11 is 0. The molecule has 7 atom stereocenters. The lowest BCUT2D eigenvalue weighted by Gasteiger charge is -2.41. The fraction of sp³-hybridized carbons (Fsp3) is 0.296. The predicted octanol–water partition coefficient (Wildman–Crippen LogP) is 12.7. The van der Waals surface area contributed by atoms with E-state index in [1.165, 1.54) is 60.4 Å². The second-order valence-electron chi connectivity index (χ2n) is 32.7. The summed E-state index contributed by atoms with van der Waals surface area (Å²) in [4.78, 5) is 119. The molecule has 29 heteroatoms. The van der Waals surface area contributed by atoms with Gasteiger partial charge in [0.1, 0.15) is 17.3 Å². The van der Waals surface area contributed by atoms with Crippen LogP contribution in [0, 0.1) is 18.7 Å². The van der Waals surface area contributed by atoms with E-state index in [9.17, 15) is 62.9 Å². The van der Waals surface area contributed by atoms with Crippen LogP contribution < -0.4 is 35.9 Å². The van der Waals surface area contributed by atoms with Crippen LogP contribution in [0.4, 0.5) is 4.39 Å². The molecule has 3 N–H and O–H groups in total. The van der Waals surface area contributed by atoms with Crippen LogP contribution >= 0.6 is 0 Å². The number of likely N-dealkylation sites (N-methyl/N-ethyl adjacent to an activating group) is 2. The highest BCUT2D eigenvalue weighted by Gasteiger charge is 2.45. The van der Waals surface area contributed by atoms with Crippen LogP contribution in [-0.2, 0) is 9.53 Å². The number of hydrogen-bond acceptors (Lipinski definition) is 20. The predicted molar refractivity (Wildman–Crippen MR) is 472 cm³/mol. The van der Waals surface area contributed by atoms with Gasteiger partial charge in [0.25, 0.3) is 23.6 Å². The van der Waals surface area contributed by atoms with Gasteiger partial charge in [0.15, 0.2) is 40.0 Å². The normalized spacial score (nSPS) is 17.0. The van der Waals surface area contributed by atoms with Crippen molar-refractivity contribution in [1.29, 1.82) is 0 Å². The largest absolute Gasteiger partial charge is 0.502 e. The second kappa shape index (κ2) is 39.2. The van der Waals surface area contributed by atoms with Gasteiger partial charge in [-0.2, -0.15) is 20.4 Å². The highest BCUT2D eigenvalue weighted by molar-refractivity contribution is 5.98. The molecule has 1 saturated carbocycles. The van der Waals surface area contributed by atoms with Crippen LogP contribution in [0.3, 0.4) is 0 Å². The molecule has 4 amide bonds. The van der Waals surface area contributed by atoms with E-state index in [0.29, 0.717) is 44.3 Å². The van der Waals surface area contributed by atoms with Gasteiger partial charge in [-0.3, -0.25) is 61.9 Å². The summed E-state index contributed by atoms with van der Waals surface area (Å²) in [6, 6.07) is 68.3. The first kappa shape index (κ1) is 88.8. The monoisotopic (exact) mass is 1720 g/mol. The van der Waals surface area contributed by atoms with Crippen molar-refractivity contribution < 1.29 is 62.6 Å². The summed E-state index contributed by atoms with van der Waals surface area (Å²) in [5.41, 5.74) is 5.87. The Morgan fingerprint density at radius 2 is 0.819 bits per heavy atom. The molecule has 7 unspecified atom stereocenters. The van der Waals surface area contributed by atoms with Gasteiger partial charge in [-0.15, -0.1) is 0 Å². The average molecular weight is 1720 g/mol. The topological polar surface area (TPSA) is 335 Å². The molecule has 0 spiro atoms. The molecule has 28 nitrogen and oxygen atoms in total. The van der Waals surface area contributed by atoms with E-state index in [2.05, 4.69) is 20.4 Å². The molecule has 654 valence electrons. The molecule has 4 aliphatic heterocycles. The van der Waals surface area contributed by atoms with Gasteiger partial charge in [-0.05, 0) is 134 Å². The molecule has 0 radical (unpaired) electrons. The Morgan fingerprint density at radius 3 is 1.25 bits per heavy atom. The zero-order valence-electron chi connectivity index (χ0n) is 71.7. The zero-order chi connectivity index (χ0) is 90.0. The number of aromatic hydroxyl groups is 3. The first-order valence-corrected chi connectivity index (χ1v) is 42.0. The van der Waals surface area contributed by atoms with E-state index < -0.39 is 80.5 Å². The number of esters is 1. The van der Waals surface area contributed by atoms with Gasteiger partial charge in [0.05, 0.1) is 68.3 Å². The first-order valence-electron chi connectivity index (χ1n) is 42.0. The molecule has 8 heterocycles. The number of aromatic nitrogens is 8. The van der Waals surface area contributed by atoms with Gasteiger partial charge < -0.3 is 53.9 Å². The number of amides is 4. The molecule has 5 aliphatic rings. The van der Waals surface area contributed by atoms with Crippen molar-refractivity contribution in [3.05, 3.63) is 363 Å². The third-order valence-electron chi connectivity index (χ3n) is 23.2. The average Bonchev–Trinajstić information content (AvgIpc) is 1.41. The third kappa shape index (κ3) is 19.6. The van der Waals surface area contributed by atoms with Crippen LogP contribution in [0.25, 0.3) is 0 Å². The van der Waals surface area contributed by atoms with Crippen LogP contribution in [0.5, 0.6) is 34.5 Å². The summed E-state index contributed by atoms with van der Waals surface area (Å²) in [6.07, 6.45) is 6.72. The lowest BCUT2D eigenvalue weighted by Crippen LogP contribution is -2.50. The number of fused-ring (bicyclic) bond motifs is 4. The highest BCUT2D eigenvalue weighted by Crippen LogP contribution is 2.46. The van der Waals surface area contributed by atoms with Gasteiger partial charge in [0.2, 0.25) is 27.5 Å². The first-order chi connectivity index (χ1) is 61.2. The van der Waals surface area contributed by atoms with E-state index in [1.807, 2.05) is 235 Å². The molecule has 1 fully saturated rings. The van der Waals surface area contributed by atoms with Gasteiger partial charge in [0, 0.05) is 90.6 Å². The van der Waals surface area contributed by atoms with Gasteiger partial charge >= 0.3 is 5.97 Å². The number of methoxy groups -OCH3 is 1. The Morgan fingerprint density at radius 1 is 0.441 bits per heavy atom. The van der Waals surface area contributed by atoms with E-state index in [4.69, 9.17) is 18.9 Å². The molecule has 0 bridgehead atoms. The third-order valence-corrected chi connectivity index (χ3v) is 23.2. The second-order valence-corrected chi connectivity index (χ2v) is 32.7. The number of benzene rings is 8. The van der Waals surface area contributed by atoms with Crippen molar-refractivity contribution in [2.75, 3.05) is 67.1 Å². The summed E-state index contributed by atoms with van der Waals surface area (Å²) in [7, 11) is 4.91. The van der Waals surface area contributed by atoms with Crippen molar-refractivity contribution in [2.45, 2.75) is 114 Å². The van der Waals surface area contributed by atoms with E-state index in [1.54, 1.807) is 37.1 Å².